The van der Waals surface area contributed by atoms with Crippen LogP contribution in [0.25, 0.3) is 0 Å². The molecule has 2 aliphatic heterocycles. The van der Waals surface area contributed by atoms with Gasteiger partial charge < -0.3 is 10.1 Å². The zero-order valence-corrected chi connectivity index (χ0v) is 18.0. The molecule has 1 fully saturated rings. The lowest BCUT2D eigenvalue weighted by molar-refractivity contribution is 0.0876. The molecule has 2 aliphatic rings. The summed E-state index contributed by atoms with van der Waals surface area (Å²) in [5.41, 5.74) is 1.82. The number of amides is 1. The van der Waals surface area contributed by atoms with Crippen molar-refractivity contribution in [2.45, 2.75) is 25.3 Å². The van der Waals surface area contributed by atoms with Crippen LogP contribution in [0.4, 0.5) is 0 Å². The quantitative estimate of drug-likeness (QED) is 0.705. The van der Waals surface area contributed by atoms with Crippen molar-refractivity contribution in [2.75, 3.05) is 32.8 Å². The van der Waals surface area contributed by atoms with Crippen LogP contribution in [0.1, 0.15) is 40.8 Å². The molecule has 0 saturated carbocycles. The molecule has 4 rings (SSSR count). The summed E-state index contributed by atoms with van der Waals surface area (Å²) in [6.07, 6.45) is 8.99. The van der Waals surface area contributed by atoms with E-state index in [4.69, 9.17) is 4.74 Å². The lowest BCUT2D eigenvalue weighted by Crippen LogP contribution is -2.44. The van der Waals surface area contributed by atoms with E-state index in [0.29, 0.717) is 11.6 Å². The maximum atomic E-state index is 12.8. The second-order valence-electron chi connectivity index (χ2n) is 7.38. The van der Waals surface area contributed by atoms with E-state index >= 15 is 0 Å². The Balaban J connectivity index is 0.00000240. The summed E-state index contributed by atoms with van der Waals surface area (Å²) in [6.45, 7) is 4.57. The zero-order chi connectivity index (χ0) is 19.2. The first-order chi connectivity index (χ1) is 13.8. The number of carbonyl (C=O) groups is 1. The smallest absolute Gasteiger partial charge is 0.270 e. The first kappa shape index (κ1) is 21.9. The van der Waals surface area contributed by atoms with Crippen molar-refractivity contribution in [2.24, 2.45) is 5.92 Å². The van der Waals surface area contributed by atoms with Gasteiger partial charge in [-0.1, -0.05) is 12.1 Å². The van der Waals surface area contributed by atoms with E-state index in [1.165, 1.54) is 5.57 Å². The van der Waals surface area contributed by atoms with Crippen molar-refractivity contribution in [3.05, 3.63) is 58.3 Å². The van der Waals surface area contributed by atoms with E-state index in [9.17, 15) is 4.79 Å². The first-order valence-electron chi connectivity index (χ1n) is 9.89. The van der Waals surface area contributed by atoms with Crippen molar-refractivity contribution >= 4 is 29.7 Å². The summed E-state index contributed by atoms with van der Waals surface area (Å²) in [4.78, 5) is 23.9. The SMILES string of the molecule is Cl.O=C(NC(c1nccs1)C1CCCN(CC2=CCCOC2)C1)c1ccccn1. The topological polar surface area (TPSA) is 67.4 Å². The molecule has 0 aromatic carbocycles. The largest absolute Gasteiger partial charge is 0.377 e. The number of halogens is 1. The second kappa shape index (κ2) is 10.8. The predicted molar refractivity (Wildman–Crippen MR) is 116 cm³/mol. The number of piperidine rings is 1. The monoisotopic (exact) mass is 434 g/mol. The van der Waals surface area contributed by atoms with Gasteiger partial charge in [0.15, 0.2) is 0 Å². The van der Waals surface area contributed by atoms with Gasteiger partial charge in [0.1, 0.15) is 10.7 Å². The molecule has 2 aromatic rings. The molecule has 4 heterocycles. The lowest BCUT2D eigenvalue weighted by atomic mass is 9.90. The number of pyridine rings is 1. The summed E-state index contributed by atoms with van der Waals surface area (Å²) in [7, 11) is 0. The third-order valence-corrected chi connectivity index (χ3v) is 6.18. The molecule has 0 radical (unpaired) electrons. The summed E-state index contributed by atoms with van der Waals surface area (Å²) < 4.78 is 5.59. The van der Waals surface area contributed by atoms with Crippen molar-refractivity contribution in [1.29, 1.82) is 0 Å². The van der Waals surface area contributed by atoms with Crippen LogP contribution >= 0.6 is 23.7 Å². The average molecular weight is 435 g/mol. The number of ether oxygens (including phenoxy) is 1. The molecule has 6 nitrogen and oxygen atoms in total. The highest BCUT2D eigenvalue weighted by molar-refractivity contribution is 7.09. The minimum Gasteiger partial charge on any atom is -0.377 e. The van der Waals surface area contributed by atoms with E-state index in [-0.39, 0.29) is 24.4 Å². The van der Waals surface area contributed by atoms with Gasteiger partial charge in [-0.15, -0.1) is 23.7 Å². The van der Waals surface area contributed by atoms with Crippen molar-refractivity contribution in [1.82, 2.24) is 20.2 Å². The average Bonchev–Trinajstić information content (AvgIpc) is 3.28. The van der Waals surface area contributed by atoms with Crippen LogP contribution in [0.5, 0.6) is 0 Å². The van der Waals surface area contributed by atoms with Crippen molar-refractivity contribution in [3.8, 4) is 0 Å². The molecule has 1 saturated heterocycles. The molecule has 0 bridgehead atoms. The number of rotatable bonds is 6. The van der Waals surface area contributed by atoms with Gasteiger partial charge in [0.05, 0.1) is 19.3 Å². The fourth-order valence-corrected chi connectivity index (χ4v) is 4.78. The van der Waals surface area contributed by atoms with Gasteiger partial charge in [-0.05, 0) is 49.4 Å². The first-order valence-corrected chi connectivity index (χ1v) is 10.8. The van der Waals surface area contributed by atoms with Crippen LogP contribution in [0.3, 0.4) is 0 Å². The molecular weight excluding hydrogens is 408 g/mol. The van der Waals surface area contributed by atoms with Crippen LogP contribution in [0, 0.1) is 5.92 Å². The number of hydrogen-bond acceptors (Lipinski definition) is 6. The number of thiazole rings is 1. The normalized spacial score (nSPS) is 21.0. The second-order valence-corrected chi connectivity index (χ2v) is 8.30. The molecule has 0 aliphatic carbocycles. The highest BCUT2D eigenvalue weighted by Crippen LogP contribution is 2.31. The Morgan fingerprint density at radius 3 is 3.00 bits per heavy atom. The fraction of sp³-hybridized carbons (Fsp3) is 0.476. The predicted octanol–water partition coefficient (Wildman–Crippen LogP) is 3.49. The molecule has 2 unspecified atom stereocenters. The summed E-state index contributed by atoms with van der Waals surface area (Å²) in [6, 6.07) is 5.31. The molecule has 2 atom stereocenters. The Kier molecular flexibility index (Phi) is 8.18. The minimum atomic E-state index is -0.138. The molecule has 0 spiro atoms. The fourth-order valence-electron chi connectivity index (χ4n) is 3.99. The van der Waals surface area contributed by atoms with Crippen LogP contribution in [0.15, 0.2) is 47.6 Å². The number of nitrogens with zero attached hydrogens (tertiary/aromatic N) is 3. The molecule has 29 heavy (non-hydrogen) atoms. The Morgan fingerprint density at radius 1 is 1.34 bits per heavy atom. The van der Waals surface area contributed by atoms with Crippen LogP contribution in [-0.4, -0.2) is 53.6 Å². The summed E-state index contributed by atoms with van der Waals surface area (Å²) in [5.74, 6) is 0.194. The Morgan fingerprint density at radius 2 is 2.28 bits per heavy atom. The van der Waals surface area contributed by atoms with E-state index < -0.39 is 0 Å². The standard InChI is InChI=1S/C21H26N4O2S.ClH/c26-20(18-7-1-2-8-22-18)24-19(21-23-9-12-28-21)17-6-3-10-25(14-17)13-16-5-4-11-27-15-16;/h1-2,5,7-9,12,17,19H,3-4,6,10-11,13-15H2,(H,24,26);1H. The summed E-state index contributed by atoms with van der Waals surface area (Å²) in [5, 5.41) is 6.15. The maximum Gasteiger partial charge on any atom is 0.270 e. The molecule has 1 amide bonds. The molecule has 156 valence electrons. The third-order valence-electron chi connectivity index (χ3n) is 5.32. The van der Waals surface area contributed by atoms with E-state index in [1.807, 2.05) is 23.7 Å². The highest BCUT2D eigenvalue weighted by Gasteiger charge is 2.31. The van der Waals surface area contributed by atoms with Gasteiger partial charge in [0, 0.05) is 30.9 Å². The van der Waals surface area contributed by atoms with Gasteiger partial charge in [-0.2, -0.15) is 0 Å². The van der Waals surface area contributed by atoms with Crippen LogP contribution < -0.4 is 5.32 Å². The van der Waals surface area contributed by atoms with Gasteiger partial charge in [0.2, 0.25) is 0 Å². The summed E-state index contributed by atoms with van der Waals surface area (Å²) >= 11 is 1.60. The molecule has 1 N–H and O–H groups in total. The molecule has 2 aromatic heterocycles. The molecule has 8 heteroatoms. The minimum absolute atomic E-state index is 0. The van der Waals surface area contributed by atoms with Gasteiger partial charge >= 0.3 is 0 Å². The maximum absolute atomic E-state index is 12.8. The Labute approximate surface area is 181 Å². The highest BCUT2D eigenvalue weighted by atomic mass is 35.5. The van der Waals surface area contributed by atoms with E-state index in [1.54, 1.807) is 23.6 Å². The Bertz CT molecular complexity index is 800. The number of likely N-dealkylation sites (tertiary alicyclic amines) is 1. The molecular formula is C21H27ClN4O2S. The van der Waals surface area contributed by atoms with Crippen molar-refractivity contribution in [3.63, 3.8) is 0 Å². The van der Waals surface area contributed by atoms with Crippen molar-refractivity contribution < 1.29 is 9.53 Å². The number of aromatic nitrogens is 2. The van der Waals surface area contributed by atoms with Crippen LogP contribution in [-0.2, 0) is 4.74 Å². The van der Waals surface area contributed by atoms with E-state index in [2.05, 4.69) is 26.3 Å². The lowest BCUT2D eigenvalue weighted by Gasteiger charge is -2.37. The number of nitrogens with one attached hydrogen (secondary N) is 1. The van der Waals surface area contributed by atoms with E-state index in [0.717, 1.165) is 57.1 Å². The van der Waals surface area contributed by atoms with Crippen LogP contribution in [0.2, 0.25) is 0 Å². The zero-order valence-electron chi connectivity index (χ0n) is 16.3. The Hall–Kier alpha value is -1.80. The third kappa shape index (κ3) is 5.85. The van der Waals surface area contributed by atoms with Gasteiger partial charge in [-0.3, -0.25) is 14.7 Å². The number of hydrogen-bond donors (Lipinski definition) is 1. The van der Waals surface area contributed by atoms with Gasteiger partial charge in [0.25, 0.3) is 5.91 Å². The number of carbonyl (C=O) groups excluding carboxylic acids is 1. The van der Waals surface area contributed by atoms with Gasteiger partial charge in [-0.25, -0.2) is 4.98 Å².